The van der Waals surface area contributed by atoms with Crippen LogP contribution >= 0.6 is 11.8 Å². The number of carboxylic acid groups (broad SMARTS) is 2. The lowest BCUT2D eigenvalue weighted by atomic mass is 9.74. The summed E-state index contributed by atoms with van der Waals surface area (Å²) >= 11 is 1.88. The lowest BCUT2D eigenvalue weighted by Crippen LogP contribution is -2.61. The first-order valence-electron chi connectivity index (χ1n) is 36.3. The monoisotopic (exact) mass is 1500 g/mol. The van der Waals surface area contributed by atoms with Crippen LogP contribution in [0.3, 0.4) is 0 Å². The van der Waals surface area contributed by atoms with Crippen molar-refractivity contribution in [3.63, 3.8) is 0 Å². The number of Topliss-reactive ketones (excluding diaryl/α,β-unsaturated/α-hetero) is 1. The molecule has 4 aliphatic rings. The second-order valence-electron chi connectivity index (χ2n) is 29.3. The van der Waals surface area contributed by atoms with E-state index in [1.165, 1.54) is 94.0 Å². The number of carbonyl (C=O) groups is 5. The van der Waals surface area contributed by atoms with E-state index in [0.29, 0.717) is 18.8 Å². The second-order valence-corrected chi connectivity index (χ2v) is 31.5. The summed E-state index contributed by atoms with van der Waals surface area (Å²) < 4.78 is 76.6. The van der Waals surface area contributed by atoms with E-state index < -0.39 is 148 Å². The Bertz CT molecular complexity index is 2950. The summed E-state index contributed by atoms with van der Waals surface area (Å²) in [5, 5.41) is 79.1. The Morgan fingerprint density at radius 1 is 0.738 bits per heavy atom. The summed E-state index contributed by atoms with van der Waals surface area (Å²) in [6.45, 7) is 24.8. The molecule has 0 aliphatic carbocycles. The number of methoxy groups -OCH3 is 1. The SMILES string of the molecule is CC(CN(C)C)CN1c2ccccc2Sc2ccccc21.CCC(=O)OC1C(OC2C(C)C(OC3CC(C)(OC)C(O)C(C)O3)C(C)C(=O)OC(CC)C(C)(O)C(O)C(C)C(=O)C(C)CC2(C)O)OC(C)CC1N(C)C.CCCCCCCCCCCCOS(=O)(=O)O.O=C(O)C(O)C(O)C(=O)O. The van der Waals surface area contributed by atoms with Crippen molar-refractivity contribution < 1.29 is 115 Å². The maximum Gasteiger partial charge on any atom is 0.397 e. The molecule has 0 bridgehead atoms. The maximum absolute atomic E-state index is 14.2. The van der Waals surface area contributed by atoms with Crippen LogP contribution in [0.4, 0.5) is 11.4 Å². The van der Waals surface area contributed by atoms with Crippen molar-refractivity contribution >= 4 is 63.2 Å². The molecule has 0 radical (unpaired) electrons. The summed E-state index contributed by atoms with van der Waals surface area (Å²) in [5.74, 6) is -8.51. The van der Waals surface area contributed by atoms with Gasteiger partial charge in [-0.3, -0.25) is 18.9 Å². The molecule has 2 aromatic carbocycles. The predicted molar refractivity (Wildman–Crippen MR) is 389 cm³/mol. The number of likely N-dealkylation sites (N-methyl/N-ethyl adjacent to an activating group) is 1. The summed E-state index contributed by atoms with van der Waals surface area (Å²) in [5.41, 5.74) is -2.24. The van der Waals surface area contributed by atoms with Crippen molar-refractivity contribution in [2.45, 2.75) is 293 Å². The second kappa shape index (κ2) is 43.5. The Labute approximate surface area is 615 Å². The number of esters is 2. The number of ether oxygens (including phenoxy) is 7. The molecule has 4 heterocycles. The molecule has 21 unspecified atom stereocenters. The molecule has 0 amide bonds. The first-order valence-corrected chi connectivity index (χ1v) is 38.5. The molecular formula is C74H125N3O24S2. The molecule has 592 valence electrons. The Hall–Kier alpha value is -4.51. The van der Waals surface area contributed by atoms with Gasteiger partial charge >= 0.3 is 34.3 Å². The number of aliphatic hydroxyl groups excluding tert-OH is 4. The van der Waals surface area contributed by atoms with Crippen molar-refractivity contribution in [3.8, 4) is 0 Å². The lowest BCUT2D eigenvalue weighted by Gasteiger charge is -2.49. The molecule has 4 aliphatic heterocycles. The van der Waals surface area contributed by atoms with Crippen LogP contribution in [0, 0.1) is 29.6 Å². The van der Waals surface area contributed by atoms with Crippen molar-refractivity contribution in [2.24, 2.45) is 29.6 Å². The summed E-state index contributed by atoms with van der Waals surface area (Å²) in [4.78, 5) is 69.9. The average molecular weight is 1500 g/mol. The molecule has 27 nitrogen and oxygen atoms in total. The number of unbranched alkanes of at least 4 members (excludes halogenated alkanes) is 9. The number of carbonyl (C=O) groups excluding carboxylic acids is 3. The highest BCUT2D eigenvalue weighted by Gasteiger charge is 2.54. The number of rotatable bonds is 28. The highest BCUT2D eigenvalue weighted by Crippen LogP contribution is 2.48. The molecule has 21 atom stereocenters. The van der Waals surface area contributed by atoms with Gasteiger partial charge in [0.15, 0.2) is 30.9 Å². The minimum atomic E-state index is -4.23. The van der Waals surface area contributed by atoms with E-state index in [9.17, 15) is 52.8 Å². The molecule has 3 fully saturated rings. The van der Waals surface area contributed by atoms with Gasteiger partial charge in [-0.15, -0.1) is 0 Å². The maximum atomic E-state index is 14.2. The van der Waals surface area contributed by atoms with Gasteiger partial charge in [0.2, 0.25) is 0 Å². The van der Waals surface area contributed by atoms with Gasteiger partial charge in [-0.1, -0.05) is 142 Å². The van der Waals surface area contributed by atoms with E-state index in [2.05, 4.69) is 90.5 Å². The number of anilines is 2. The van der Waals surface area contributed by atoms with E-state index in [-0.39, 0.29) is 44.4 Å². The van der Waals surface area contributed by atoms with Crippen LogP contribution in [0.25, 0.3) is 0 Å². The molecule has 2 aromatic rings. The first kappa shape index (κ1) is 92.7. The van der Waals surface area contributed by atoms with Crippen molar-refractivity contribution in [1.29, 1.82) is 0 Å². The fraction of sp³-hybridized carbons (Fsp3) is 0.770. The average Bonchev–Trinajstić information content (AvgIpc) is 0.780. The molecule has 9 N–H and O–H groups in total. The molecule has 29 heteroatoms. The van der Waals surface area contributed by atoms with Crippen molar-refractivity contribution in [2.75, 3.05) is 59.9 Å². The number of nitrogens with zero attached hydrogens (tertiary/aromatic N) is 3. The van der Waals surface area contributed by atoms with Crippen LogP contribution in [-0.2, 0) is 71.7 Å². The Balaban J connectivity index is 0.000000460. The minimum Gasteiger partial charge on any atom is -0.479 e. The van der Waals surface area contributed by atoms with Crippen LogP contribution in [0.2, 0.25) is 0 Å². The fourth-order valence-corrected chi connectivity index (χ4v) is 15.2. The van der Waals surface area contributed by atoms with Gasteiger partial charge in [-0.2, -0.15) is 8.42 Å². The first-order chi connectivity index (χ1) is 48.0. The summed E-state index contributed by atoms with van der Waals surface area (Å²) in [6, 6.07) is 17.1. The number of fused-ring (bicyclic) bond motifs is 2. The van der Waals surface area contributed by atoms with Gasteiger partial charge in [-0.25, -0.2) is 13.8 Å². The zero-order valence-corrected chi connectivity index (χ0v) is 65.7. The highest BCUT2D eigenvalue weighted by atomic mass is 32.3. The molecule has 103 heavy (non-hydrogen) atoms. The third-order valence-corrected chi connectivity index (χ3v) is 21.2. The highest BCUT2D eigenvalue weighted by molar-refractivity contribution is 7.99. The largest absolute Gasteiger partial charge is 0.479 e. The third kappa shape index (κ3) is 28.5. The number of ketones is 1. The Morgan fingerprint density at radius 2 is 1.26 bits per heavy atom. The molecule has 3 saturated heterocycles. The number of benzene rings is 2. The van der Waals surface area contributed by atoms with Crippen molar-refractivity contribution in [3.05, 3.63) is 48.5 Å². The number of para-hydroxylation sites is 2. The number of aliphatic hydroxyl groups is 6. The number of carboxylic acids is 2. The number of cyclic esters (lactones) is 1. The van der Waals surface area contributed by atoms with Crippen molar-refractivity contribution in [1.82, 2.24) is 9.80 Å². The molecule has 0 aromatic heterocycles. The van der Waals surface area contributed by atoms with E-state index in [4.69, 9.17) is 58.1 Å². The van der Waals surface area contributed by atoms with Gasteiger partial charge in [0, 0.05) is 60.6 Å². The molecule has 0 spiro atoms. The number of hydrogen-bond acceptors (Lipinski definition) is 25. The van der Waals surface area contributed by atoms with Gasteiger partial charge in [0.25, 0.3) is 0 Å². The third-order valence-electron chi connectivity index (χ3n) is 19.6. The Kier molecular flexibility index (Phi) is 39.1. The number of aliphatic carboxylic acids is 2. The normalized spacial score (nSPS) is 31.5. The molecule has 0 saturated carbocycles. The van der Waals surface area contributed by atoms with E-state index in [0.717, 1.165) is 25.9 Å². The standard InChI is InChI=1S/C40H71NO14.C18H22N2S.C12H26O4S.C4H6O6/c1-15-27-40(11,48)33(44)22(5)30(43)20(3)18-38(9,47)35(55-37-32(53-28(42)16-2)26(41(12)13)17-21(4)50-37)23(6)31(24(7)36(46)52-27)54-29-19-39(10,49-14)34(45)25(8)51-29;1-14(12-19(2)3)13-20-15-8-4-6-10-17(15)21-18-11-7-5-9-16(18)20;1-2-3-4-5-6-7-8-9-10-11-12-16-17(13,14)15;5-1(3(7)8)2(6)4(9)10/h20-27,29,31-35,37,44-45,47-48H,15-19H2,1-14H3;4-11,14H,12-13H2,1-3H3;2-12H2,1H3,(H,13,14,15);1-2,5-6H,(H,7,8)(H,9,10). The predicted octanol–water partition coefficient (Wildman–Crippen LogP) is 8.84. The van der Waals surface area contributed by atoms with Crippen LogP contribution in [-0.4, -0.2) is 245 Å². The zero-order valence-electron chi connectivity index (χ0n) is 64.0. The van der Waals surface area contributed by atoms with E-state index in [1.54, 1.807) is 48.5 Å². The van der Waals surface area contributed by atoms with E-state index >= 15 is 0 Å². The molecule has 6 rings (SSSR count). The van der Waals surface area contributed by atoms with Gasteiger partial charge in [-0.05, 0) is 126 Å². The van der Waals surface area contributed by atoms with Crippen LogP contribution in [0.15, 0.2) is 58.3 Å². The zero-order chi connectivity index (χ0) is 78.1. The van der Waals surface area contributed by atoms with Gasteiger partial charge in [0.1, 0.15) is 23.6 Å². The lowest BCUT2D eigenvalue weighted by molar-refractivity contribution is -0.319. The van der Waals surface area contributed by atoms with Gasteiger partial charge < -0.3 is 88.7 Å². The summed E-state index contributed by atoms with van der Waals surface area (Å²) in [7, 11) is 5.26. The fourth-order valence-electron chi connectivity index (χ4n) is 13.8. The molecular weight excluding hydrogens is 1380 g/mol. The topological polar surface area (TPSA) is 385 Å². The van der Waals surface area contributed by atoms with E-state index in [1.807, 2.05) is 37.7 Å². The van der Waals surface area contributed by atoms with Gasteiger partial charge in [0.05, 0.1) is 71.7 Å². The number of hydrogen-bond donors (Lipinski definition) is 9. The summed E-state index contributed by atoms with van der Waals surface area (Å²) in [6.07, 6.45) is -2.36. The smallest absolute Gasteiger partial charge is 0.397 e. The quantitative estimate of drug-likeness (QED) is 0.0218. The minimum absolute atomic E-state index is 0.0760. The van der Waals surface area contributed by atoms with Crippen LogP contribution in [0.1, 0.15) is 186 Å². The Morgan fingerprint density at radius 3 is 1.74 bits per heavy atom. The van der Waals surface area contributed by atoms with Crippen LogP contribution < -0.4 is 4.90 Å². The van der Waals surface area contributed by atoms with Crippen LogP contribution in [0.5, 0.6) is 0 Å².